The van der Waals surface area contributed by atoms with E-state index in [-0.39, 0.29) is 6.04 Å². The molecule has 3 nitrogen and oxygen atoms in total. The van der Waals surface area contributed by atoms with Gasteiger partial charge >= 0.3 is 0 Å². The molecule has 0 saturated heterocycles. The maximum absolute atomic E-state index is 5.87. The zero-order chi connectivity index (χ0) is 9.97. The molecule has 0 aromatic heterocycles. The minimum Gasteiger partial charge on any atom is -0.476 e. The van der Waals surface area contributed by atoms with Gasteiger partial charge in [0.1, 0.15) is 6.61 Å². The Labute approximate surface area is 83.6 Å². The van der Waals surface area contributed by atoms with E-state index in [0.717, 1.165) is 23.6 Å². The molecule has 1 unspecified atom stereocenters. The molecule has 0 bridgehead atoms. The third kappa shape index (κ3) is 1.63. The molecular weight excluding hydrogens is 176 g/mol. The predicted molar refractivity (Wildman–Crippen MR) is 56.4 cm³/mol. The van der Waals surface area contributed by atoms with Crippen LogP contribution in [-0.2, 0) is 4.74 Å². The van der Waals surface area contributed by atoms with Gasteiger partial charge in [0.2, 0.25) is 5.90 Å². The van der Waals surface area contributed by atoms with Gasteiger partial charge in [0.05, 0.1) is 6.54 Å². The maximum Gasteiger partial charge on any atom is 0.216 e. The highest BCUT2D eigenvalue weighted by atomic mass is 16.5. The Hall–Kier alpha value is -1.35. The fourth-order valence-corrected chi connectivity index (χ4v) is 1.59. The first-order valence-electron chi connectivity index (χ1n) is 4.81. The summed E-state index contributed by atoms with van der Waals surface area (Å²) in [5, 5.41) is 0. The Balaban J connectivity index is 2.41. The van der Waals surface area contributed by atoms with Gasteiger partial charge in [0, 0.05) is 11.6 Å². The summed E-state index contributed by atoms with van der Waals surface area (Å²) < 4.78 is 5.42. The van der Waals surface area contributed by atoms with E-state index in [1.54, 1.807) is 0 Å². The lowest BCUT2D eigenvalue weighted by Gasteiger charge is -2.11. The van der Waals surface area contributed by atoms with E-state index >= 15 is 0 Å². The van der Waals surface area contributed by atoms with Crippen LogP contribution in [0.2, 0.25) is 0 Å². The number of nitrogens with zero attached hydrogens (tertiary/aromatic N) is 1. The van der Waals surface area contributed by atoms with Crippen molar-refractivity contribution in [2.75, 3.05) is 13.2 Å². The Bertz CT molecular complexity index is 358. The minimum atomic E-state index is 0.0121. The Morgan fingerprint density at radius 2 is 2.21 bits per heavy atom. The zero-order valence-corrected chi connectivity index (χ0v) is 8.23. The minimum absolute atomic E-state index is 0.0121. The molecule has 1 aromatic carbocycles. The molecule has 1 atom stereocenters. The number of hydrogen-bond donors (Lipinski definition) is 1. The smallest absolute Gasteiger partial charge is 0.216 e. The molecule has 2 N–H and O–H groups in total. The van der Waals surface area contributed by atoms with E-state index in [1.807, 2.05) is 31.2 Å². The average molecular weight is 190 g/mol. The van der Waals surface area contributed by atoms with Crippen molar-refractivity contribution in [3.05, 3.63) is 35.4 Å². The van der Waals surface area contributed by atoms with E-state index in [0.29, 0.717) is 6.61 Å². The van der Waals surface area contributed by atoms with Crippen molar-refractivity contribution in [2.45, 2.75) is 13.0 Å². The monoisotopic (exact) mass is 190 g/mol. The highest BCUT2D eigenvalue weighted by Gasteiger charge is 2.15. The molecule has 0 saturated carbocycles. The van der Waals surface area contributed by atoms with Crippen LogP contribution >= 0.6 is 0 Å². The second-order valence-electron chi connectivity index (χ2n) is 3.41. The third-order valence-electron chi connectivity index (χ3n) is 2.27. The van der Waals surface area contributed by atoms with Gasteiger partial charge in [-0.25, -0.2) is 4.99 Å². The topological polar surface area (TPSA) is 47.6 Å². The normalized spacial score (nSPS) is 17.4. The van der Waals surface area contributed by atoms with Gasteiger partial charge in [0.15, 0.2) is 0 Å². The van der Waals surface area contributed by atoms with Gasteiger partial charge in [-0.15, -0.1) is 0 Å². The van der Waals surface area contributed by atoms with Crippen LogP contribution in [0, 0.1) is 0 Å². The summed E-state index contributed by atoms with van der Waals surface area (Å²) in [7, 11) is 0. The van der Waals surface area contributed by atoms with E-state index in [2.05, 4.69) is 4.99 Å². The Kier molecular flexibility index (Phi) is 2.50. The largest absolute Gasteiger partial charge is 0.476 e. The van der Waals surface area contributed by atoms with Crippen molar-refractivity contribution in [3.8, 4) is 0 Å². The van der Waals surface area contributed by atoms with Crippen molar-refractivity contribution >= 4 is 5.90 Å². The number of benzene rings is 1. The number of rotatable bonds is 2. The molecule has 1 aliphatic heterocycles. The van der Waals surface area contributed by atoms with E-state index in [9.17, 15) is 0 Å². The Morgan fingerprint density at radius 3 is 2.86 bits per heavy atom. The standard InChI is InChI=1S/C11H14N2O/c1-8(12)9-4-2-3-5-10(9)11-13-6-7-14-11/h2-5,8H,6-7,12H2,1H3. The summed E-state index contributed by atoms with van der Waals surface area (Å²) >= 11 is 0. The zero-order valence-electron chi connectivity index (χ0n) is 8.23. The Morgan fingerprint density at radius 1 is 1.43 bits per heavy atom. The summed E-state index contributed by atoms with van der Waals surface area (Å²) in [5.74, 6) is 0.734. The van der Waals surface area contributed by atoms with Gasteiger partial charge in [0.25, 0.3) is 0 Å². The molecule has 0 fully saturated rings. The van der Waals surface area contributed by atoms with Gasteiger partial charge < -0.3 is 10.5 Å². The number of ether oxygens (including phenoxy) is 1. The van der Waals surface area contributed by atoms with E-state index < -0.39 is 0 Å². The fourth-order valence-electron chi connectivity index (χ4n) is 1.59. The first kappa shape index (κ1) is 9.21. The molecule has 3 heteroatoms. The summed E-state index contributed by atoms with van der Waals surface area (Å²) in [5.41, 5.74) is 7.99. The number of nitrogens with two attached hydrogens (primary N) is 1. The summed E-state index contributed by atoms with van der Waals surface area (Å²) in [4.78, 5) is 4.29. The van der Waals surface area contributed by atoms with Crippen LogP contribution in [0.1, 0.15) is 24.1 Å². The molecule has 0 radical (unpaired) electrons. The number of aliphatic imine (C=N–C) groups is 1. The summed E-state index contributed by atoms with van der Waals surface area (Å²) in [6, 6.07) is 7.99. The highest BCUT2D eigenvalue weighted by molar-refractivity contribution is 5.96. The molecule has 74 valence electrons. The van der Waals surface area contributed by atoms with Gasteiger partial charge in [-0.2, -0.15) is 0 Å². The summed E-state index contributed by atoms with van der Waals surface area (Å²) in [6.07, 6.45) is 0. The van der Waals surface area contributed by atoms with Crippen LogP contribution in [0.15, 0.2) is 29.3 Å². The SMILES string of the molecule is CC(N)c1ccccc1C1=NCCO1. The fraction of sp³-hybridized carbons (Fsp3) is 0.364. The van der Waals surface area contributed by atoms with Crippen LogP contribution in [0.4, 0.5) is 0 Å². The van der Waals surface area contributed by atoms with Crippen molar-refractivity contribution in [2.24, 2.45) is 10.7 Å². The maximum atomic E-state index is 5.87. The quantitative estimate of drug-likeness (QED) is 0.768. The van der Waals surface area contributed by atoms with Crippen LogP contribution < -0.4 is 5.73 Å². The number of hydrogen-bond acceptors (Lipinski definition) is 3. The lowest BCUT2D eigenvalue weighted by molar-refractivity contribution is 0.348. The van der Waals surface area contributed by atoms with Crippen molar-refractivity contribution < 1.29 is 4.74 Å². The van der Waals surface area contributed by atoms with Crippen molar-refractivity contribution in [1.29, 1.82) is 0 Å². The molecule has 1 aromatic rings. The molecule has 14 heavy (non-hydrogen) atoms. The lowest BCUT2D eigenvalue weighted by atomic mass is 10.0. The average Bonchev–Trinajstić information content (AvgIpc) is 2.70. The highest BCUT2D eigenvalue weighted by Crippen LogP contribution is 2.18. The van der Waals surface area contributed by atoms with Gasteiger partial charge in [-0.05, 0) is 18.6 Å². The van der Waals surface area contributed by atoms with Crippen LogP contribution in [0.3, 0.4) is 0 Å². The molecular formula is C11H14N2O. The second-order valence-corrected chi connectivity index (χ2v) is 3.41. The van der Waals surface area contributed by atoms with Gasteiger partial charge in [-0.1, -0.05) is 18.2 Å². The van der Waals surface area contributed by atoms with Crippen molar-refractivity contribution in [3.63, 3.8) is 0 Å². The molecule has 1 aliphatic rings. The van der Waals surface area contributed by atoms with Crippen LogP contribution in [-0.4, -0.2) is 19.0 Å². The van der Waals surface area contributed by atoms with Gasteiger partial charge in [-0.3, -0.25) is 0 Å². The van der Waals surface area contributed by atoms with Crippen molar-refractivity contribution in [1.82, 2.24) is 0 Å². The first-order valence-corrected chi connectivity index (χ1v) is 4.81. The predicted octanol–water partition coefficient (Wildman–Crippen LogP) is 1.48. The summed E-state index contributed by atoms with van der Waals surface area (Å²) in [6.45, 7) is 3.40. The molecule has 0 amide bonds. The second kappa shape index (κ2) is 3.80. The van der Waals surface area contributed by atoms with E-state index in [4.69, 9.17) is 10.5 Å². The molecule has 0 spiro atoms. The molecule has 1 heterocycles. The molecule has 2 rings (SSSR count). The lowest BCUT2D eigenvalue weighted by Crippen LogP contribution is -2.12. The van der Waals surface area contributed by atoms with E-state index in [1.165, 1.54) is 0 Å². The molecule has 0 aliphatic carbocycles. The van der Waals surface area contributed by atoms with Crippen LogP contribution in [0.25, 0.3) is 0 Å². The van der Waals surface area contributed by atoms with Crippen LogP contribution in [0.5, 0.6) is 0 Å². The first-order chi connectivity index (χ1) is 6.79. The third-order valence-corrected chi connectivity index (χ3v) is 2.27.